The molecule has 0 saturated carbocycles. The van der Waals surface area contributed by atoms with Gasteiger partial charge in [0, 0.05) is 6.54 Å². The first kappa shape index (κ1) is 14.9. The summed E-state index contributed by atoms with van der Waals surface area (Å²) in [4.78, 5) is 22.7. The highest BCUT2D eigenvalue weighted by atomic mass is 16.4. The zero-order valence-electron chi connectivity index (χ0n) is 10.2. The second kappa shape index (κ2) is 6.48. The highest BCUT2D eigenvalue weighted by Crippen LogP contribution is 2.19. The van der Waals surface area contributed by atoms with Gasteiger partial charge in [-0.15, -0.1) is 0 Å². The van der Waals surface area contributed by atoms with Crippen molar-refractivity contribution >= 4 is 11.9 Å². The normalized spacial score (nSPS) is 16.2. The molecule has 16 heavy (non-hydrogen) atoms. The second-order valence-electron chi connectivity index (χ2n) is 4.27. The SMILES string of the molecule is CCC[C@@H](NC(=O)C(C)(CC)CN)C(=O)O. The molecule has 2 atom stereocenters. The second-order valence-corrected chi connectivity index (χ2v) is 4.27. The Labute approximate surface area is 96.4 Å². The minimum absolute atomic E-state index is 0.216. The standard InChI is InChI=1S/C11H22N2O3/c1-4-6-8(9(14)15)13-10(16)11(3,5-2)7-12/h8H,4-7,12H2,1-3H3,(H,13,16)(H,14,15)/t8-,11?/m1/s1. The lowest BCUT2D eigenvalue weighted by molar-refractivity contribution is -0.143. The van der Waals surface area contributed by atoms with E-state index in [4.69, 9.17) is 10.8 Å². The number of nitrogens with one attached hydrogen (secondary N) is 1. The molecule has 0 spiro atoms. The molecule has 5 heteroatoms. The van der Waals surface area contributed by atoms with E-state index >= 15 is 0 Å². The van der Waals surface area contributed by atoms with Gasteiger partial charge in [0.15, 0.2) is 0 Å². The monoisotopic (exact) mass is 230 g/mol. The van der Waals surface area contributed by atoms with E-state index in [9.17, 15) is 9.59 Å². The van der Waals surface area contributed by atoms with E-state index in [0.717, 1.165) is 0 Å². The summed E-state index contributed by atoms with van der Waals surface area (Å²) in [7, 11) is 0. The lowest BCUT2D eigenvalue weighted by Gasteiger charge is -2.27. The summed E-state index contributed by atoms with van der Waals surface area (Å²) in [5.74, 6) is -1.27. The van der Waals surface area contributed by atoms with Crippen LogP contribution in [0.5, 0.6) is 0 Å². The fourth-order valence-electron chi connectivity index (χ4n) is 1.28. The van der Waals surface area contributed by atoms with Gasteiger partial charge in [0.25, 0.3) is 0 Å². The van der Waals surface area contributed by atoms with Crippen molar-refractivity contribution in [3.05, 3.63) is 0 Å². The van der Waals surface area contributed by atoms with Gasteiger partial charge in [-0.3, -0.25) is 4.79 Å². The van der Waals surface area contributed by atoms with E-state index in [-0.39, 0.29) is 12.5 Å². The van der Waals surface area contributed by atoms with Gasteiger partial charge in [-0.25, -0.2) is 4.79 Å². The average molecular weight is 230 g/mol. The number of carbonyl (C=O) groups is 2. The van der Waals surface area contributed by atoms with Gasteiger partial charge in [0.05, 0.1) is 5.41 Å². The number of amides is 1. The van der Waals surface area contributed by atoms with E-state index < -0.39 is 17.4 Å². The van der Waals surface area contributed by atoms with Crippen LogP contribution < -0.4 is 11.1 Å². The quantitative estimate of drug-likeness (QED) is 0.601. The third-order valence-electron chi connectivity index (χ3n) is 2.96. The predicted octanol–water partition coefficient (Wildman–Crippen LogP) is 0.731. The van der Waals surface area contributed by atoms with Crippen LogP contribution in [0.3, 0.4) is 0 Å². The molecule has 0 bridgehead atoms. The van der Waals surface area contributed by atoms with Crippen LogP contribution in [0.25, 0.3) is 0 Å². The molecule has 0 aliphatic heterocycles. The molecular formula is C11H22N2O3. The van der Waals surface area contributed by atoms with Crippen LogP contribution in [-0.4, -0.2) is 29.6 Å². The fourth-order valence-corrected chi connectivity index (χ4v) is 1.28. The van der Waals surface area contributed by atoms with Crippen molar-refractivity contribution < 1.29 is 14.7 Å². The van der Waals surface area contributed by atoms with E-state index in [1.54, 1.807) is 6.92 Å². The Hall–Kier alpha value is -1.10. The van der Waals surface area contributed by atoms with E-state index in [0.29, 0.717) is 19.3 Å². The lowest BCUT2D eigenvalue weighted by Crippen LogP contribution is -2.49. The molecule has 0 radical (unpaired) electrons. The Kier molecular flexibility index (Phi) is 6.03. The van der Waals surface area contributed by atoms with Gasteiger partial charge in [-0.05, 0) is 19.8 Å². The lowest BCUT2D eigenvalue weighted by atomic mass is 9.86. The van der Waals surface area contributed by atoms with Crippen molar-refractivity contribution in [3.63, 3.8) is 0 Å². The number of rotatable bonds is 7. The molecule has 0 aromatic heterocycles. The van der Waals surface area contributed by atoms with Gasteiger partial charge in [-0.1, -0.05) is 20.3 Å². The van der Waals surface area contributed by atoms with Gasteiger partial charge in [0.1, 0.15) is 6.04 Å². The molecule has 0 aliphatic carbocycles. The molecule has 0 aromatic rings. The molecule has 0 rings (SSSR count). The molecule has 0 fully saturated rings. The number of carboxylic acids is 1. The van der Waals surface area contributed by atoms with Crippen LogP contribution in [0, 0.1) is 5.41 Å². The summed E-state index contributed by atoms with van der Waals surface area (Å²) in [5.41, 5.74) is 4.86. The fraction of sp³-hybridized carbons (Fsp3) is 0.818. The molecule has 5 nitrogen and oxygen atoms in total. The minimum Gasteiger partial charge on any atom is -0.480 e. The van der Waals surface area contributed by atoms with Crippen LogP contribution in [0.2, 0.25) is 0 Å². The Morgan fingerprint density at radius 2 is 2.00 bits per heavy atom. The largest absolute Gasteiger partial charge is 0.480 e. The first-order chi connectivity index (χ1) is 7.41. The summed E-state index contributed by atoms with van der Waals surface area (Å²) in [5, 5.41) is 11.5. The highest BCUT2D eigenvalue weighted by molar-refractivity contribution is 5.87. The van der Waals surface area contributed by atoms with Gasteiger partial charge in [0.2, 0.25) is 5.91 Å². The maximum Gasteiger partial charge on any atom is 0.326 e. The minimum atomic E-state index is -0.995. The van der Waals surface area contributed by atoms with Gasteiger partial charge >= 0.3 is 5.97 Å². The summed E-state index contributed by atoms with van der Waals surface area (Å²) in [6.45, 7) is 5.70. The Morgan fingerprint density at radius 1 is 1.44 bits per heavy atom. The summed E-state index contributed by atoms with van der Waals surface area (Å²) < 4.78 is 0. The van der Waals surface area contributed by atoms with E-state index in [2.05, 4.69) is 5.32 Å². The molecule has 0 aliphatic rings. The Bertz CT molecular complexity index is 250. The summed E-state index contributed by atoms with van der Waals surface area (Å²) in [6, 6.07) is -0.810. The first-order valence-electron chi connectivity index (χ1n) is 5.65. The highest BCUT2D eigenvalue weighted by Gasteiger charge is 2.32. The zero-order valence-corrected chi connectivity index (χ0v) is 10.2. The first-order valence-corrected chi connectivity index (χ1v) is 5.65. The number of carbonyl (C=O) groups excluding carboxylic acids is 1. The van der Waals surface area contributed by atoms with Crippen LogP contribution >= 0.6 is 0 Å². The van der Waals surface area contributed by atoms with Crippen LogP contribution in [0.15, 0.2) is 0 Å². The van der Waals surface area contributed by atoms with Crippen LogP contribution in [0.1, 0.15) is 40.0 Å². The summed E-state index contributed by atoms with van der Waals surface area (Å²) in [6.07, 6.45) is 1.74. The molecule has 1 unspecified atom stereocenters. The average Bonchev–Trinajstić information content (AvgIpc) is 2.26. The number of hydrogen-bond donors (Lipinski definition) is 3. The van der Waals surface area contributed by atoms with Gasteiger partial charge < -0.3 is 16.2 Å². The van der Waals surface area contributed by atoms with Crippen molar-refractivity contribution in [2.75, 3.05) is 6.54 Å². The molecule has 1 amide bonds. The maximum absolute atomic E-state index is 11.9. The van der Waals surface area contributed by atoms with Crippen molar-refractivity contribution in [2.45, 2.75) is 46.1 Å². The van der Waals surface area contributed by atoms with Crippen LogP contribution in [-0.2, 0) is 9.59 Å². The third-order valence-corrected chi connectivity index (χ3v) is 2.96. The number of carboxylic acid groups (broad SMARTS) is 1. The number of aliphatic carboxylic acids is 1. The summed E-state index contributed by atoms with van der Waals surface area (Å²) >= 11 is 0. The third kappa shape index (κ3) is 3.81. The van der Waals surface area contributed by atoms with E-state index in [1.165, 1.54) is 0 Å². The number of hydrogen-bond acceptors (Lipinski definition) is 3. The Balaban J connectivity index is 4.56. The van der Waals surface area contributed by atoms with E-state index in [1.807, 2.05) is 13.8 Å². The molecule has 0 aromatic carbocycles. The van der Waals surface area contributed by atoms with Crippen molar-refractivity contribution in [1.82, 2.24) is 5.32 Å². The smallest absolute Gasteiger partial charge is 0.326 e. The molecule has 4 N–H and O–H groups in total. The van der Waals surface area contributed by atoms with Crippen molar-refractivity contribution in [2.24, 2.45) is 11.1 Å². The zero-order chi connectivity index (χ0) is 12.8. The Morgan fingerprint density at radius 3 is 2.31 bits per heavy atom. The predicted molar refractivity (Wildman–Crippen MR) is 61.9 cm³/mol. The van der Waals surface area contributed by atoms with Gasteiger partial charge in [-0.2, -0.15) is 0 Å². The number of nitrogens with two attached hydrogens (primary N) is 1. The molecular weight excluding hydrogens is 208 g/mol. The maximum atomic E-state index is 11.9. The molecule has 94 valence electrons. The topological polar surface area (TPSA) is 92.4 Å². The molecule has 0 saturated heterocycles. The molecule has 0 heterocycles. The van der Waals surface area contributed by atoms with Crippen molar-refractivity contribution in [3.8, 4) is 0 Å². The van der Waals surface area contributed by atoms with Crippen LogP contribution in [0.4, 0.5) is 0 Å². The van der Waals surface area contributed by atoms with Crippen molar-refractivity contribution in [1.29, 1.82) is 0 Å².